The Morgan fingerprint density at radius 2 is 2.26 bits per heavy atom. The van der Waals surface area contributed by atoms with Crippen LogP contribution in [0.3, 0.4) is 0 Å². The van der Waals surface area contributed by atoms with Crippen molar-refractivity contribution in [1.82, 2.24) is 5.32 Å². The third kappa shape index (κ3) is 4.31. The van der Waals surface area contributed by atoms with E-state index in [0.717, 1.165) is 21.7 Å². The third-order valence-electron chi connectivity index (χ3n) is 2.62. The lowest BCUT2D eigenvalue weighted by Gasteiger charge is -2.16. The number of thiophene rings is 1. The Hall–Kier alpha value is -0.360. The van der Waals surface area contributed by atoms with Crippen LogP contribution in [-0.2, 0) is 0 Å². The highest BCUT2D eigenvalue weighted by Gasteiger charge is 2.15. The molecule has 1 aromatic carbocycles. The summed E-state index contributed by atoms with van der Waals surface area (Å²) in [5.41, 5.74) is 0. The van der Waals surface area contributed by atoms with Crippen molar-refractivity contribution >= 4 is 39.0 Å². The first-order valence-corrected chi connectivity index (χ1v) is 8.71. The second-order valence-electron chi connectivity index (χ2n) is 4.01. The summed E-state index contributed by atoms with van der Waals surface area (Å²) < 4.78 is 14.3. The maximum Gasteiger partial charge on any atom is 0.124 e. The number of thioether (sulfide) groups is 1. The minimum absolute atomic E-state index is 0.178. The minimum Gasteiger partial charge on any atom is -0.309 e. The van der Waals surface area contributed by atoms with Crippen LogP contribution in [0.25, 0.3) is 0 Å². The molecule has 0 aliphatic heterocycles. The smallest absolute Gasteiger partial charge is 0.124 e. The quantitative estimate of drug-likeness (QED) is 0.720. The molecule has 0 saturated carbocycles. The molecule has 0 bridgehead atoms. The lowest BCUT2D eigenvalue weighted by Crippen LogP contribution is -2.22. The Morgan fingerprint density at radius 1 is 1.42 bits per heavy atom. The van der Waals surface area contributed by atoms with Crippen molar-refractivity contribution in [3.63, 3.8) is 0 Å². The van der Waals surface area contributed by atoms with Crippen LogP contribution < -0.4 is 5.32 Å². The molecule has 0 spiro atoms. The Kier molecular flexibility index (Phi) is 5.88. The summed E-state index contributed by atoms with van der Waals surface area (Å²) >= 11 is 6.99. The van der Waals surface area contributed by atoms with Gasteiger partial charge >= 0.3 is 0 Å². The van der Waals surface area contributed by atoms with Gasteiger partial charge < -0.3 is 5.32 Å². The fraction of sp³-hybridized carbons (Fsp3) is 0.286. The molecule has 5 heteroatoms. The zero-order valence-corrected chi connectivity index (χ0v) is 13.7. The molecular formula is C14H15BrFNS2. The lowest BCUT2D eigenvalue weighted by atomic mass is 10.3. The minimum atomic E-state index is -0.178. The number of nitrogens with one attached hydrogen (secondary N) is 1. The SMILES string of the molecule is CCNC(CSc1cccc(F)c1)c1sccc1Br. The molecule has 0 fully saturated rings. The van der Waals surface area contributed by atoms with Gasteiger partial charge in [-0.1, -0.05) is 13.0 Å². The molecule has 1 unspecified atom stereocenters. The third-order valence-corrected chi connectivity index (χ3v) is 5.70. The molecule has 2 aromatic rings. The van der Waals surface area contributed by atoms with E-state index >= 15 is 0 Å². The molecule has 0 radical (unpaired) electrons. The molecule has 1 atom stereocenters. The number of benzene rings is 1. The number of hydrogen-bond acceptors (Lipinski definition) is 3. The van der Waals surface area contributed by atoms with Gasteiger partial charge in [-0.15, -0.1) is 23.1 Å². The van der Waals surface area contributed by atoms with Crippen LogP contribution in [-0.4, -0.2) is 12.3 Å². The maximum atomic E-state index is 13.1. The average Bonchev–Trinajstić information content (AvgIpc) is 2.81. The van der Waals surface area contributed by atoms with Crippen molar-refractivity contribution in [3.05, 3.63) is 50.9 Å². The van der Waals surface area contributed by atoms with Crippen molar-refractivity contribution < 1.29 is 4.39 Å². The molecule has 1 nitrogen and oxygen atoms in total. The van der Waals surface area contributed by atoms with E-state index in [1.54, 1.807) is 35.2 Å². The molecule has 0 saturated heterocycles. The van der Waals surface area contributed by atoms with Crippen LogP contribution in [0.2, 0.25) is 0 Å². The van der Waals surface area contributed by atoms with Crippen LogP contribution in [0.15, 0.2) is 45.1 Å². The fourth-order valence-electron chi connectivity index (χ4n) is 1.76. The van der Waals surface area contributed by atoms with E-state index in [0.29, 0.717) is 0 Å². The van der Waals surface area contributed by atoms with Gasteiger partial charge in [0, 0.05) is 20.0 Å². The Balaban J connectivity index is 2.04. The van der Waals surface area contributed by atoms with Gasteiger partial charge in [0.1, 0.15) is 5.82 Å². The van der Waals surface area contributed by atoms with E-state index < -0.39 is 0 Å². The van der Waals surface area contributed by atoms with Gasteiger partial charge in [-0.05, 0) is 52.1 Å². The van der Waals surface area contributed by atoms with Crippen LogP contribution in [0.4, 0.5) is 4.39 Å². The van der Waals surface area contributed by atoms with E-state index in [1.807, 2.05) is 6.07 Å². The van der Waals surface area contributed by atoms with E-state index in [2.05, 4.69) is 39.6 Å². The fourth-order valence-corrected chi connectivity index (χ4v) is 4.61. The van der Waals surface area contributed by atoms with E-state index in [-0.39, 0.29) is 11.9 Å². The molecular weight excluding hydrogens is 345 g/mol. The molecule has 1 N–H and O–H groups in total. The second-order valence-corrected chi connectivity index (χ2v) is 6.91. The first-order valence-electron chi connectivity index (χ1n) is 6.05. The van der Waals surface area contributed by atoms with Crippen molar-refractivity contribution in [2.75, 3.05) is 12.3 Å². The van der Waals surface area contributed by atoms with Gasteiger partial charge in [-0.2, -0.15) is 0 Å². The van der Waals surface area contributed by atoms with Gasteiger partial charge in [0.15, 0.2) is 0 Å². The second kappa shape index (κ2) is 7.43. The molecule has 102 valence electrons. The summed E-state index contributed by atoms with van der Waals surface area (Å²) in [7, 11) is 0. The largest absolute Gasteiger partial charge is 0.309 e. The predicted molar refractivity (Wildman–Crippen MR) is 85.6 cm³/mol. The van der Waals surface area contributed by atoms with Crippen LogP contribution in [0.5, 0.6) is 0 Å². The Bertz CT molecular complexity index is 530. The number of halogens is 2. The molecule has 0 amide bonds. The van der Waals surface area contributed by atoms with E-state index in [9.17, 15) is 4.39 Å². The van der Waals surface area contributed by atoms with Crippen molar-refractivity contribution in [2.45, 2.75) is 17.9 Å². The van der Waals surface area contributed by atoms with Gasteiger partial charge in [0.05, 0.1) is 6.04 Å². The topological polar surface area (TPSA) is 12.0 Å². The maximum absolute atomic E-state index is 13.1. The monoisotopic (exact) mass is 359 g/mol. The first-order chi connectivity index (χ1) is 9.20. The zero-order chi connectivity index (χ0) is 13.7. The van der Waals surface area contributed by atoms with Crippen molar-refractivity contribution in [1.29, 1.82) is 0 Å². The summed E-state index contributed by atoms with van der Waals surface area (Å²) in [6, 6.07) is 9.10. The Labute approximate surface area is 129 Å². The molecule has 19 heavy (non-hydrogen) atoms. The zero-order valence-electron chi connectivity index (χ0n) is 10.5. The van der Waals surface area contributed by atoms with Crippen molar-refractivity contribution in [3.8, 4) is 0 Å². The van der Waals surface area contributed by atoms with E-state index in [4.69, 9.17) is 0 Å². The normalized spacial score (nSPS) is 12.6. The predicted octanol–water partition coefficient (Wildman–Crippen LogP) is 5.09. The van der Waals surface area contributed by atoms with Gasteiger partial charge in [-0.25, -0.2) is 4.39 Å². The summed E-state index contributed by atoms with van der Waals surface area (Å²) in [4.78, 5) is 2.27. The van der Waals surface area contributed by atoms with E-state index in [1.165, 1.54) is 10.9 Å². The van der Waals surface area contributed by atoms with Gasteiger partial charge in [-0.3, -0.25) is 0 Å². The lowest BCUT2D eigenvalue weighted by molar-refractivity contribution is 0.612. The summed E-state index contributed by atoms with van der Waals surface area (Å²) in [5.74, 6) is 0.707. The summed E-state index contributed by atoms with van der Waals surface area (Å²) in [6.07, 6.45) is 0. The average molecular weight is 360 g/mol. The molecule has 1 heterocycles. The Morgan fingerprint density at radius 3 is 2.89 bits per heavy atom. The van der Waals surface area contributed by atoms with Crippen molar-refractivity contribution in [2.24, 2.45) is 0 Å². The number of hydrogen-bond donors (Lipinski definition) is 1. The molecule has 0 aliphatic rings. The molecule has 0 aliphatic carbocycles. The highest BCUT2D eigenvalue weighted by atomic mass is 79.9. The van der Waals surface area contributed by atoms with Crippen LogP contribution >= 0.6 is 39.0 Å². The molecule has 2 rings (SSSR count). The first kappa shape index (κ1) is 15.0. The molecule has 1 aromatic heterocycles. The highest BCUT2D eigenvalue weighted by Crippen LogP contribution is 2.32. The number of rotatable bonds is 6. The van der Waals surface area contributed by atoms with Gasteiger partial charge in [0.25, 0.3) is 0 Å². The highest BCUT2D eigenvalue weighted by molar-refractivity contribution is 9.10. The summed E-state index contributed by atoms with van der Waals surface area (Å²) in [5, 5.41) is 5.56. The standard InChI is InChI=1S/C14H15BrFNS2/c1-2-17-13(14-12(15)6-7-18-14)9-19-11-5-3-4-10(16)8-11/h3-8,13,17H,2,9H2,1H3. The van der Waals surface area contributed by atoms with Gasteiger partial charge in [0.2, 0.25) is 0 Å². The van der Waals surface area contributed by atoms with Crippen LogP contribution in [0, 0.1) is 5.82 Å². The summed E-state index contributed by atoms with van der Waals surface area (Å²) in [6.45, 7) is 3.01. The van der Waals surface area contributed by atoms with Crippen LogP contribution in [0.1, 0.15) is 17.8 Å².